The molecular weight excluding hydrogens is 252 g/mol. The van der Waals surface area contributed by atoms with Crippen LogP contribution in [-0.2, 0) is 0 Å². The van der Waals surface area contributed by atoms with Gasteiger partial charge in [0, 0.05) is 14.1 Å². The predicted molar refractivity (Wildman–Crippen MR) is 83.9 cm³/mol. The molecule has 0 fully saturated rings. The second kappa shape index (κ2) is 9.23. The Labute approximate surface area is 122 Å². The number of hydrogen-bond acceptors (Lipinski definition) is 4. The largest absolute Gasteiger partial charge is 0.493 e. The second-order valence-electron chi connectivity index (χ2n) is 4.91. The molecule has 0 heterocycles. The van der Waals surface area contributed by atoms with Gasteiger partial charge in [0.1, 0.15) is 0 Å². The highest BCUT2D eigenvalue weighted by molar-refractivity contribution is 5.80. The third kappa shape index (κ3) is 5.95. The van der Waals surface area contributed by atoms with Gasteiger partial charge in [0.25, 0.3) is 0 Å². The minimum atomic E-state index is 0.738. The van der Waals surface area contributed by atoms with Crippen LogP contribution in [0.2, 0.25) is 0 Å². The third-order valence-electron chi connectivity index (χ3n) is 2.88. The van der Waals surface area contributed by atoms with Crippen molar-refractivity contribution in [3.8, 4) is 11.5 Å². The van der Waals surface area contributed by atoms with Crippen molar-refractivity contribution in [1.29, 1.82) is 0 Å². The first-order valence-corrected chi connectivity index (χ1v) is 7.19. The van der Waals surface area contributed by atoms with E-state index in [1.807, 2.05) is 32.3 Å². The Kier molecular flexibility index (Phi) is 7.55. The smallest absolute Gasteiger partial charge is 0.161 e. The first kappa shape index (κ1) is 16.3. The lowest BCUT2D eigenvalue weighted by molar-refractivity contribution is 0.285. The molecule has 0 radical (unpaired) electrons. The van der Waals surface area contributed by atoms with Gasteiger partial charge in [0.15, 0.2) is 11.5 Å². The fourth-order valence-electron chi connectivity index (χ4n) is 1.78. The minimum Gasteiger partial charge on any atom is -0.493 e. The van der Waals surface area contributed by atoms with E-state index in [-0.39, 0.29) is 0 Å². The van der Waals surface area contributed by atoms with Gasteiger partial charge in [-0.05, 0) is 30.2 Å². The summed E-state index contributed by atoms with van der Waals surface area (Å²) in [7, 11) is 5.44. The normalized spacial score (nSPS) is 10.8. The average molecular weight is 278 g/mol. The summed E-state index contributed by atoms with van der Waals surface area (Å²) in [6.07, 6.45) is 6.60. The van der Waals surface area contributed by atoms with E-state index in [1.54, 1.807) is 18.3 Å². The van der Waals surface area contributed by atoms with E-state index in [2.05, 4.69) is 12.0 Å². The van der Waals surface area contributed by atoms with Gasteiger partial charge in [-0.1, -0.05) is 26.2 Å². The van der Waals surface area contributed by atoms with Crippen molar-refractivity contribution in [2.24, 2.45) is 5.10 Å². The molecule has 20 heavy (non-hydrogen) atoms. The Bertz CT molecular complexity index is 417. The molecule has 0 aromatic heterocycles. The van der Waals surface area contributed by atoms with Gasteiger partial charge in [-0.3, -0.25) is 0 Å². The van der Waals surface area contributed by atoms with Gasteiger partial charge in [-0.2, -0.15) is 5.10 Å². The molecule has 0 aliphatic carbocycles. The van der Waals surface area contributed by atoms with Crippen LogP contribution in [-0.4, -0.2) is 39.0 Å². The molecule has 0 bridgehead atoms. The van der Waals surface area contributed by atoms with E-state index in [0.29, 0.717) is 0 Å². The van der Waals surface area contributed by atoms with E-state index in [4.69, 9.17) is 9.47 Å². The molecule has 0 unspecified atom stereocenters. The van der Waals surface area contributed by atoms with Gasteiger partial charge in [-0.25, -0.2) is 0 Å². The minimum absolute atomic E-state index is 0.738. The molecule has 0 saturated carbocycles. The zero-order valence-corrected chi connectivity index (χ0v) is 13.1. The molecule has 1 aromatic carbocycles. The Hall–Kier alpha value is -1.71. The van der Waals surface area contributed by atoms with Gasteiger partial charge in [0.2, 0.25) is 0 Å². The first-order chi connectivity index (χ1) is 9.67. The lowest BCUT2D eigenvalue weighted by Crippen LogP contribution is -2.02. The van der Waals surface area contributed by atoms with Gasteiger partial charge in [-0.15, -0.1) is 0 Å². The van der Waals surface area contributed by atoms with Gasteiger partial charge < -0.3 is 14.5 Å². The molecule has 0 N–H and O–H groups in total. The summed E-state index contributed by atoms with van der Waals surface area (Å²) in [5.41, 5.74) is 0.994. The van der Waals surface area contributed by atoms with Gasteiger partial charge in [0.05, 0.1) is 19.9 Å². The van der Waals surface area contributed by atoms with Crippen LogP contribution in [0.1, 0.15) is 38.2 Å². The Morgan fingerprint density at radius 1 is 1.15 bits per heavy atom. The maximum atomic E-state index is 5.78. The van der Waals surface area contributed by atoms with Crippen molar-refractivity contribution in [3.05, 3.63) is 23.8 Å². The molecule has 0 amide bonds. The SMILES string of the molecule is CCCCCCOc1ccc(/C=N/N(C)C)cc1OC. The summed E-state index contributed by atoms with van der Waals surface area (Å²) < 4.78 is 11.1. The van der Waals surface area contributed by atoms with Crippen molar-refractivity contribution in [2.45, 2.75) is 32.6 Å². The van der Waals surface area contributed by atoms with Crippen LogP contribution >= 0.6 is 0 Å². The number of benzene rings is 1. The van der Waals surface area contributed by atoms with Crippen molar-refractivity contribution in [1.82, 2.24) is 5.01 Å². The summed E-state index contributed by atoms with van der Waals surface area (Å²) in [5.74, 6) is 1.55. The number of nitrogens with zero attached hydrogens (tertiary/aromatic N) is 2. The number of hydrazone groups is 1. The predicted octanol–water partition coefficient (Wildman–Crippen LogP) is 3.55. The van der Waals surface area contributed by atoms with Crippen molar-refractivity contribution in [2.75, 3.05) is 27.8 Å². The van der Waals surface area contributed by atoms with E-state index in [9.17, 15) is 0 Å². The molecule has 0 atom stereocenters. The molecule has 1 rings (SSSR count). The van der Waals surface area contributed by atoms with Crippen molar-refractivity contribution >= 4 is 6.21 Å². The first-order valence-electron chi connectivity index (χ1n) is 7.19. The van der Waals surface area contributed by atoms with Crippen LogP contribution < -0.4 is 9.47 Å². The zero-order valence-electron chi connectivity index (χ0n) is 13.1. The van der Waals surface area contributed by atoms with Crippen LogP contribution in [0.25, 0.3) is 0 Å². The third-order valence-corrected chi connectivity index (χ3v) is 2.88. The number of rotatable bonds is 9. The Morgan fingerprint density at radius 3 is 2.60 bits per heavy atom. The molecular formula is C16H26N2O2. The molecule has 1 aromatic rings. The maximum absolute atomic E-state index is 5.78. The van der Waals surface area contributed by atoms with E-state index >= 15 is 0 Å². The van der Waals surface area contributed by atoms with E-state index in [0.717, 1.165) is 30.1 Å². The quantitative estimate of drug-likeness (QED) is 0.393. The second-order valence-corrected chi connectivity index (χ2v) is 4.91. The molecule has 0 saturated heterocycles. The fraction of sp³-hybridized carbons (Fsp3) is 0.562. The monoisotopic (exact) mass is 278 g/mol. The molecule has 0 aliphatic rings. The van der Waals surface area contributed by atoms with Crippen molar-refractivity contribution < 1.29 is 9.47 Å². The highest BCUT2D eigenvalue weighted by Gasteiger charge is 2.05. The lowest BCUT2D eigenvalue weighted by Gasteiger charge is -2.11. The zero-order chi connectivity index (χ0) is 14.8. The van der Waals surface area contributed by atoms with Crippen molar-refractivity contribution in [3.63, 3.8) is 0 Å². The summed E-state index contributed by atoms with van der Waals surface area (Å²) in [6, 6.07) is 5.86. The highest BCUT2D eigenvalue weighted by atomic mass is 16.5. The Morgan fingerprint density at radius 2 is 1.95 bits per heavy atom. The molecule has 4 nitrogen and oxygen atoms in total. The van der Waals surface area contributed by atoms with Crippen LogP contribution in [0.15, 0.2) is 23.3 Å². The van der Waals surface area contributed by atoms with Gasteiger partial charge >= 0.3 is 0 Å². The maximum Gasteiger partial charge on any atom is 0.161 e. The summed E-state index contributed by atoms with van der Waals surface area (Å²) in [5, 5.41) is 5.96. The average Bonchev–Trinajstić information content (AvgIpc) is 2.45. The number of methoxy groups -OCH3 is 1. The van der Waals surface area contributed by atoms with E-state index < -0.39 is 0 Å². The number of ether oxygens (including phenoxy) is 2. The summed E-state index contributed by atoms with van der Waals surface area (Å²) in [6.45, 7) is 2.94. The van der Waals surface area contributed by atoms with E-state index in [1.165, 1.54) is 19.3 Å². The number of unbranched alkanes of at least 4 members (excludes halogenated alkanes) is 3. The van der Waals surface area contributed by atoms with Crippen LogP contribution in [0.5, 0.6) is 11.5 Å². The van der Waals surface area contributed by atoms with Crippen LogP contribution in [0.3, 0.4) is 0 Å². The molecule has 0 spiro atoms. The molecule has 112 valence electrons. The standard InChI is InChI=1S/C16H26N2O2/c1-5-6-7-8-11-20-15-10-9-14(12-16(15)19-4)13-17-18(2)3/h9-10,12-13H,5-8,11H2,1-4H3/b17-13+. The fourth-order valence-corrected chi connectivity index (χ4v) is 1.78. The highest BCUT2D eigenvalue weighted by Crippen LogP contribution is 2.27. The molecule has 0 aliphatic heterocycles. The van der Waals surface area contributed by atoms with Crippen LogP contribution in [0, 0.1) is 0 Å². The summed E-state index contributed by atoms with van der Waals surface area (Å²) >= 11 is 0. The van der Waals surface area contributed by atoms with Crippen LogP contribution in [0.4, 0.5) is 0 Å². The number of hydrogen-bond donors (Lipinski definition) is 0. The lowest BCUT2D eigenvalue weighted by atomic mass is 10.2. The Balaban J connectivity index is 2.59. The topological polar surface area (TPSA) is 34.1 Å². The summed E-state index contributed by atoms with van der Waals surface area (Å²) in [4.78, 5) is 0. The molecule has 4 heteroatoms.